The third kappa shape index (κ3) is 3.07. The number of pyridine rings is 1. The number of alkyl halides is 3. The zero-order chi connectivity index (χ0) is 14.0. The van der Waals surface area contributed by atoms with Gasteiger partial charge in [-0.3, -0.25) is 4.79 Å². The highest BCUT2D eigenvalue weighted by atomic mass is 19.4. The van der Waals surface area contributed by atoms with Gasteiger partial charge in [0.25, 0.3) is 0 Å². The largest absolute Gasteiger partial charge is 0.471 e. The Morgan fingerprint density at radius 1 is 1.21 bits per heavy atom. The molecule has 0 aromatic carbocycles. The van der Waals surface area contributed by atoms with Crippen LogP contribution in [0, 0.1) is 0 Å². The lowest BCUT2D eigenvalue weighted by molar-refractivity contribution is -0.185. The Morgan fingerprint density at radius 3 is 2.32 bits per heavy atom. The molecule has 0 bridgehead atoms. The summed E-state index contributed by atoms with van der Waals surface area (Å²) in [6.07, 6.45) is -3.32. The molecule has 2 rings (SSSR count). The van der Waals surface area contributed by atoms with Crippen molar-refractivity contribution in [2.24, 2.45) is 0 Å². The van der Waals surface area contributed by atoms with Gasteiger partial charge in [-0.25, -0.2) is 4.98 Å². The number of nitrogens with zero attached hydrogens (tertiary/aromatic N) is 3. The Hall–Kier alpha value is -1.99. The van der Waals surface area contributed by atoms with Crippen molar-refractivity contribution in [1.82, 2.24) is 9.88 Å². The molecule has 1 aliphatic rings. The van der Waals surface area contributed by atoms with Crippen LogP contribution in [0.4, 0.5) is 24.7 Å². The highest BCUT2D eigenvalue weighted by Gasteiger charge is 2.43. The first-order chi connectivity index (χ1) is 8.88. The van der Waals surface area contributed by atoms with Crippen molar-refractivity contribution in [2.75, 3.05) is 36.8 Å². The maximum atomic E-state index is 12.3. The van der Waals surface area contributed by atoms with E-state index in [4.69, 9.17) is 5.73 Å². The van der Waals surface area contributed by atoms with Crippen molar-refractivity contribution in [3.05, 3.63) is 18.3 Å². The standard InChI is InChI=1S/C11H13F3N4O/c12-11(13,14)10(19)18-5-3-17(4-6-18)9-2-1-8(15)7-16-9/h1-2,7H,3-6,15H2. The zero-order valence-corrected chi connectivity index (χ0v) is 10.0. The van der Waals surface area contributed by atoms with Crippen molar-refractivity contribution in [3.8, 4) is 0 Å². The van der Waals surface area contributed by atoms with E-state index in [1.807, 2.05) is 4.90 Å². The number of halogens is 3. The number of anilines is 2. The predicted octanol–water partition coefficient (Wildman–Crippen LogP) is 0.875. The van der Waals surface area contributed by atoms with Crippen molar-refractivity contribution < 1.29 is 18.0 Å². The highest BCUT2D eigenvalue weighted by molar-refractivity contribution is 5.82. The molecular weight excluding hydrogens is 261 g/mol. The van der Waals surface area contributed by atoms with E-state index in [9.17, 15) is 18.0 Å². The lowest BCUT2D eigenvalue weighted by atomic mass is 10.3. The summed E-state index contributed by atoms with van der Waals surface area (Å²) in [6, 6.07) is 3.38. The van der Waals surface area contributed by atoms with Crippen LogP contribution >= 0.6 is 0 Å². The second-order valence-electron chi connectivity index (χ2n) is 4.23. The van der Waals surface area contributed by atoms with Gasteiger partial charge in [0.05, 0.1) is 11.9 Å². The van der Waals surface area contributed by atoms with Crippen molar-refractivity contribution in [3.63, 3.8) is 0 Å². The van der Waals surface area contributed by atoms with Gasteiger partial charge in [-0.05, 0) is 12.1 Å². The minimum Gasteiger partial charge on any atom is -0.397 e. The molecule has 0 spiro atoms. The molecule has 104 valence electrons. The lowest BCUT2D eigenvalue weighted by Crippen LogP contribution is -2.52. The molecule has 1 aliphatic heterocycles. The molecule has 19 heavy (non-hydrogen) atoms. The minimum absolute atomic E-state index is 0.0321. The summed E-state index contributed by atoms with van der Waals surface area (Å²) < 4.78 is 36.8. The molecule has 1 aromatic rings. The molecule has 1 saturated heterocycles. The van der Waals surface area contributed by atoms with Crippen LogP contribution in [0.1, 0.15) is 0 Å². The summed E-state index contributed by atoms with van der Waals surface area (Å²) in [5.41, 5.74) is 6.03. The fourth-order valence-electron chi connectivity index (χ4n) is 1.90. The van der Waals surface area contributed by atoms with Gasteiger partial charge in [0.1, 0.15) is 5.82 Å². The Labute approximate surface area is 107 Å². The highest BCUT2D eigenvalue weighted by Crippen LogP contribution is 2.21. The third-order valence-electron chi connectivity index (χ3n) is 2.90. The Morgan fingerprint density at radius 2 is 1.84 bits per heavy atom. The quantitative estimate of drug-likeness (QED) is 0.825. The SMILES string of the molecule is Nc1ccc(N2CCN(C(=O)C(F)(F)F)CC2)nc1. The lowest BCUT2D eigenvalue weighted by Gasteiger charge is -2.35. The summed E-state index contributed by atoms with van der Waals surface area (Å²) in [5, 5.41) is 0. The fourth-order valence-corrected chi connectivity index (χ4v) is 1.90. The van der Waals surface area contributed by atoms with E-state index >= 15 is 0 Å². The van der Waals surface area contributed by atoms with Gasteiger partial charge in [-0.15, -0.1) is 0 Å². The number of hydrogen-bond donors (Lipinski definition) is 1. The van der Waals surface area contributed by atoms with E-state index < -0.39 is 12.1 Å². The number of aromatic nitrogens is 1. The number of piperazine rings is 1. The van der Waals surface area contributed by atoms with Crippen LogP contribution in [0.5, 0.6) is 0 Å². The van der Waals surface area contributed by atoms with Gasteiger partial charge < -0.3 is 15.5 Å². The zero-order valence-electron chi connectivity index (χ0n) is 10.0. The predicted molar refractivity (Wildman–Crippen MR) is 63.5 cm³/mol. The first kappa shape index (κ1) is 13.4. The minimum atomic E-state index is -4.80. The van der Waals surface area contributed by atoms with Gasteiger partial charge in [-0.2, -0.15) is 13.2 Å². The average molecular weight is 274 g/mol. The van der Waals surface area contributed by atoms with Crippen molar-refractivity contribution in [1.29, 1.82) is 0 Å². The first-order valence-corrected chi connectivity index (χ1v) is 5.70. The Kier molecular flexibility index (Phi) is 3.50. The van der Waals surface area contributed by atoms with Gasteiger partial charge in [0, 0.05) is 26.2 Å². The molecular formula is C11H13F3N4O. The number of amides is 1. The van der Waals surface area contributed by atoms with Gasteiger partial charge in [0.15, 0.2) is 0 Å². The van der Waals surface area contributed by atoms with E-state index in [2.05, 4.69) is 4.98 Å². The molecule has 1 amide bonds. The molecule has 5 nitrogen and oxygen atoms in total. The van der Waals surface area contributed by atoms with Crippen molar-refractivity contribution >= 4 is 17.4 Å². The Bertz CT molecular complexity index is 452. The van der Waals surface area contributed by atoms with Crippen LogP contribution < -0.4 is 10.6 Å². The van der Waals surface area contributed by atoms with E-state index in [0.29, 0.717) is 24.6 Å². The van der Waals surface area contributed by atoms with Crippen LogP contribution in [0.25, 0.3) is 0 Å². The smallest absolute Gasteiger partial charge is 0.397 e. The molecule has 0 saturated carbocycles. The number of hydrogen-bond acceptors (Lipinski definition) is 4. The first-order valence-electron chi connectivity index (χ1n) is 5.70. The maximum Gasteiger partial charge on any atom is 0.471 e. The summed E-state index contributed by atoms with van der Waals surface area (Å²) in [6.45, 7) is 0.701. The maximum absolute atomic E-state index is 12.3. The van der Waals surface area contributed by atoms with Crippen LogP contribution in [-0.4, -0.2) is 48.1 Å². The van der Waals surface area contributed by atoms with Crippen LogP contribution in [0.15, 0.2) is 18.3 Å². The summed E-state index contributed by atoms with van der Waals surface area (Å²) in [4.78, 5) is 17.8. The fraction of sp³-hybridized carbons (Fsp3) is 0.455. The molecule has 2 heterocycles. The van der Waals surface area contributed by atoms with Gasteiger partial charge in [-0.1, -0.05) is 0 Å². The summed E-state index contributed by atoms with van der Waals surface area (Å²) in [7, 11) is 0. The summed E-state index contributed by atoms with van der Waals surface area (Å²) >= 11 is 0. The number of nitrogens with two attached hydrogens (primary N) is 1. The van der Waals surface area contributed by atoms with Crippen molar-refractivity contribution in [2.45, 2.75) is 6.18 Å². The van der Waals surface area contributed by atoms with Crippen LogP contribution in [0.3, 0.4) is 0 Å². The topological polar surface area (TPSA) is 62.5 Å². The number of rotatable bonds is 1. The molecule has 1 fully saturated rings. The molecule has 1 aromatic heterocycles. The average Bonchev–Trinajstić information content (AvgIpc) is 2.38. The second kappa shape index (κ2) is 4.94. The number of carbonyl (C=O) groups excluding carboxylic acids is 1. The number of nitrogen functional groups attached to an aromatic ring is 1. The van der Waals surface area contributed by atoms with Crippen LogP contribution in [-0.2, 0) is 4.79 Å². The molecule has 0 radical (unpaired) electrons. The molecule has 2 N–H and O–H groups in total. The Balaban J connectivity index is 1.96. The van der Waals surface area contributed by atoms with Crippen LogP contribution in [0.2, 0.25) is 0 Å². The summed E-state index contributed by atoms with van der Waals surface area (Å²) in [5.74, 6) is -1.13. The van der Waals surface area contributed by atoms with Gasteiger partial charge >= 0.3 is 12.1 Å². The molecule has 8 heteroatoms. The van der Waals surface area contributed by atoms with E-state index in [-0.39, 0.29) is 13.1 Å². The van der Waals surface area contributed by atoms with E-state index in [0.717, 1.165) is 4.90 Å². The number of carbonyl (C=O) groups is 1. The monoisotopic (exact) mass is 274 g/mol. The second-order valence-corrected chi connectivity index (χ2v) is 4.23. The molecule has 0 unspecified atom stereocenters. The normalized spacial score (nSPS) is 16.6. The van der Waals surface area contributed by atoms with Gasteiger partial charge in [0.2, 0.25) is 0 Å². The molecule has 0 atom stereocenters. The third-order valence-corrected chi connectivity index (χ3v) is 2.90. The molecule has 0 aliphatic carbocycles. The van der Waals surface area contributed by atoms with E-state index in [1.165, 1.54) is 6.20 Å². The van der Waals surface area contributed by atoms with E-state index in [1.54, 1.807) is 12.1 Å².